The number of rotatable bonds is 1. The quantitative estimate of drug-likeness (QED) is 0.638. The van der Waals surface area contributed by atoms with Crippen LogP contribution in [0, 0.1) is 0 Å². The monoisotopic (exact) mass is 291 g/mol. The predicted molar refractivity (Wildman–Crippen MR) is 65.1 cm³/mol. The van der Waals surface area contributed by atoms with E-state index < -0.39 is 22.7 Å². The summed E-state index contributed by atoms with van der Waals surface area (Å²) in [5, 5.41) is 9.00. The van der Waals surface area contributed by atoms with Crippen molar-refractivity contribution < 1.29 is 23.1 Å². The van der Waals surface area contributed by atoms with Crippen LogP contribution in [0.4, 0.5) is 18.9 Å². The highest BCUT2D eigenvalue weighted by atomic mass is 35.5. The minimum absolute atomic E-state index is 0.222. The lowest BCUT2D eigenvalue weighted by Crippen LogP contribution is -2.57. The number of carboxylic acid groups (broad SMARTS) is 1. The van der Waals surface area contributed by atoms with Crippen LogP contribution in [0.2, 0.25) is 0 Å². The number of carbonyl (C=O) groups is 1. The van der Waals surface area contributed by atoms with E-state index in [9.17, 15) is 18.0 Å². The molecular weight excluding hydrogens is 283 g/mol. The Hall–Kier alpha value is -1.69. The Morgan fingerprint density at radius 1 is 1.37 bits per heavy atom. The molecule has 19 heavy (non-hydrogen) atoms. The standard InChI is InChI=1S/C12H9ClF3NO2/c1-17-9-5-3-2-4-7(9)6-8(10(18)19)11(17,13)12(14,15)16/h2-6H,1H3,(H,18,19). The van der Waals surface area contributed by atoms with Gasteiger partial charge < -0.3 is 10.0 Å². The average Bonchev–Trinajstić information content (AvgIpc) is 2.32. The largest absolute Gasteiger partial charge is 0.478 e. The molecule has 0 amide bonds. The van der Waals surface area contributed by atoms with E-state index in [2.05, 4.69) is 0 Å². The summed E-state index contributed by atoms with van der Waals surface area (Å²) >= 11 is 5.64. The molecule has 1 aromatic carbocycles. The molecule has 0 radical (unpaired) electrons. The summed E-state index contributed by atoms with van der Waals surface area (Å²) in [5.74, 6) is -1.70. The lowest BCUT2D eigenvalue weighted by atomic mass is 9.94. The van der Waals surface area contributed by atoms with Crippen LogP contribution < -0.4 is 4.90 Å². The van der Waals surface area contributed by atoms with Gasteiger partial charge in [0.1, 0.15) is 0 Å². The van der Waals surface area contributed by atoms with Crippen molar-refractivity contribution in [3.63, 3.8) is 0 Å². The van der Waals surface area contributed by atoms with Crippen molar-refractivity contribution >= 4 is 29.3 Å². The highest BCUT2D eigenvalue weighted by Gasteiger charge is 2.62. The van der Waals surface area contributed by atoms with Gasteiger partial charge in [-0.1, -0.05) is 29.8 Å². The van der Waals surface area contributed by atoms with E-state index in [0.29, 0.717) is 5.56 Å². The third-order valence-corrected chi connectivity index (χ3v) is 3.69. The summed E-state index contributed by atoms with van der Waals surface area (Å²) < 4.78 is 39.6. The van der Waals surface area contributed by atoms with Crippen molar-refractivity contribution in [1.29, 1.82) is 0 Å². The summed E-state index contributed by atoms with van der Waals surface area (Å²) in [7, 11) is 1.12. The van der Waals surface area contributed by atoms with E-state index in [1.54, 1.807) is 12.1 Å². The van der Waals surface area contributed by atoms with E-state index in [-0.39, 0.29) is 5.69 Å². The molecule has 3 nitrogen and oxygen atoms in total. The molecule has 2 rings (SSSR count). The van der Waals surface area contributed by atoms with Crippen molar-refractivity contribution in [3.05, 3.63) is 35.4 Å². The normalized spacial score (nSPS) is 22.8. The predicted octanol–water partition coefficient (Wildman–Crippen LogP) is 3.10. The Bertz CT molecular complexity index is 570. The molecule has 102 valence electrons. The van der Waals surface area contributed by atoms with Crippen LogP contribution in [0.5, 0.6) is 0 Å². The van der Waals surface area contributed by atoms with Crippen molar-refractivity contribution in [1.82, 2.24) is 0 Å². The fourth-order valence-electron chi connectivity index (χ4n) is 2.06. The van der Waals surface area contributed by atoms with Crippen LogP contribution in [0.25, 0.3) is 6.08 Å². The van der Waals surface area contributed by atoms with E-state index in [1.807, 2.05) is 0 Å². The lowest BCUT2D eigenvalue weighted by molar-refractivity contribution is -0.159. The number of benzene rings is 1. The fourth-order valence-corrected chi connectivity index (χ4v) is 2.29. The van der Waals surface area contributed by atoms with Crippen molar-refractivity contribution in [2.75, 3.05) is 11.9 Å². The lowest BCUT2D eigenvalue weighted by Gasteiger charge is -2.42. The van der Waals surface area contributed by atoms with Crippen LogP contribution in [0.15, 0.2) is 29.8 Å². The van der Waals surface area contributed by atoms with Crippen LogP contribution in [0.3, 0.4) is 0 Å². The maximum absolute atomic E-state index is 13.2. The highest BCUT2D eigenvalue weighted by Crippen LogP contribution is 2.49. The van der Waals surface area contributed by atoms with E-state index in [4.69, 9.17) is 16.7 Å². The van der Waals surface area contributed by atoms with Crippen molar-refractivity contribution in [3.8, 4) is 0 Å². The first-order valence-corrected chi connectivity index (χ1v) is 5.61. The van der Waals surface area contributed by atoms with Gasteiger partial charge in [0.2, 0.25) is 5.00 Å². The van der Waals surface area contributed by atoms with Crippen LogP contribution in [-0.2, 0) is 4.79 Å². The van der Waals surface area contributed by atoms with Gasteiger partial charge in [0.25, 0.3) is 0 Å². The number of hydrogen-bond acceptors (Lipinski definition) is 2. The molecule has 0 fully saturated rings. The SMILES string of the molecule is CN1c2ccccc2C=C(C(=O)O)C1(Cl)C(F)(F)F. The van der Waals surface area contributed by atoms with Crippen LogP contribution in [-0.4, -0.2) is 29.3 Å². The van der Waals surface area contributed by atoms with Gasteiger partial charge in [-0.05, 0) is 17.7 Å². The van der Waals surface area contributed by atoms with Gasteiger partial charge >= 0.3 is 12.1 Å². The van der Waals surface area contributed by atoms with Gasteiger partial charge in [0.05, 0.1) is 5.57 Å². The molecule has 0 aromatic heterocycles. The van der Waals surface area contributed by atoms with Gasteiger partial charge in [-0.15, -0.1) is 0 Å². The van der Waals surface area contributed by atoms with Gasteiger partial charge in [-0.3, -0.25) is 0 Å². The highest BCUT2D eigenvalue weighted by molar-refractivity contribution is 6.32. The first-order valence-electron chi connectivity index (χ1n) is 5.23. The molecule has 1 aromatic rings. The van der Waals surface area contributed by atoms with Gasteiger partial charge in [0.15, 0.2) is 0 Å². The number of anilines is 1. The summed E-state index contributed by atoms with van der Waals surface area (Å²) in [6.45, 7) is 0. The zero-order chi connectivity index (χ0) is 14.4. The molecule has 1 unspecified atom stereocenters. The van der Waals surface area contributed by atoms with Crippen molar-refractivity contribution in [2.45, 2.75) is 11.2 Å². The summed E-state index contributed by atoms with van der Waals surface area (Å²) in [5.41, 5.74) is -0.314. The second kappa shape index (κ2) is 4.16. The summed E-state index contributed by atoms with van der Waals surface area (Å²) in [6, 6.07) is 6.15. The number of hydrogen-bond donors (Lipinski definition) is 1. The Labute approximate surface area is 111 Å². The van der Waals surface area contributed by atoms with Crippen LogP contribution in [0.1, 0.15) is 5.56 Å². The molecule has 0 bridgehead atoms. The van der Waals surface area contributed by atoms with E-state index in [1.165, 1.54) is 12.1 Å². The van der Waals surface area contributed by atoms with Gasteiger partial charge in [-0.2, -0.15) is 13.2 Å². The number of para-hydroxylation sites is 1. The molecule has 0 saturated carbocycles. The number of likely N-dealkylation sites (N-methyl/N-ethyl adjacent to an activating group) is 1. The third kappa shape index (κ3) is 1.87. The zero-order valence-corrected chi connectivity index (χ0v) is 10.5. The molecule has 1 aliphatic heterocycles. The van der Waals surface area contributed by atoms with Crippen LogP contribution >= 0.6 is 11.6 Å². The topological polar surface area (TPSA) is 40.5 Å². The number of halogens is 4. The second-order valence-electron chi connectivity index (χ2n) is 4.10. The van der Waals surface area contributed by atoms with Gasteiger partial charge in [0, 0.05) is 12.7 Å². The Balaban J connectivity index is 2.74. The first-order chi connectivity index (χ1) is 8.69. The number of nitrogens with zero attached hydrogens (tertiary/aromatic N) is 1. The molecule has 0 aliphatic carbocycles. The molecule has 7 heteroatoms. The van der Waals surface area contributed by atoms with Gasteiger partial charge in [-0.25, -0.2) is 4.79 Å². The average molecular weight is 292 g/mol. The maximum Gasteiger partial charge on any atom is 0.430 e. The maximum atomic E-state index is 13.2. The van der Waals surface area contributed by atoms with E-state index >= 15 is 0 Å². The molecule has 1 heterocycles. The number of alkyl halides is 4. The summed E-state index contributed by atoms with van der Waals surface area (Å²) in [4.78, 5) is 8.75. The smallest absolute Gasteiger partial charge is 0.430 e. The zero-order valence-electron chi connectivity index (χ0n) is 9.70. The molecular formula is C12H9ClF3NO2. The number of aliphatic carboxylic acids is 1. The molecule has 1 atom stereocenters. The Morgan fingerprint density at radius 3 is 2.47 bits per heavy atom. The Morgan fingerprint density at radius 2 is 1.95 bits per heavy atom. The minimum atomic E-state index is -4.93. The molecule has 0 saturated heterocycles. The summed E-state index contributed by atoms with van der Waals surface area (Å²) in [6.07, 6.45) is -3.97. The van der Waals surface area contributed by atoms with E-state index in [0.717, 1.165) is 18.0 Å². The second-order valence-corrected chi connectivity index (χ2v) is 4.65. The first kappa shape index (κ1) is 13.7. The number of fused-ring (bicyclic) bond motifs is 1. The molecule has 0 spiro atoms. The molecule has 1 N–H and O–H groups in total. The third-order valence-electron chi connectivity index (χ3n) is 3.02. The minimum Gasteiger partial charge on any atom is -0.478 e. The molecule has 1 aliphatic rings. The number of carboxylic acids is 1. The van der Waals surface area contributed by atoms with Crippen molar-refractivity contribution in [2.24, 2.45) is 0 Å². The Kier molecular flexibility index (Phi) is 3.01. The fraction of sp³-hybridized carbons (Fsp3) is 0.250.